The summed E-state index contributed by atoms with van der Waals surface area (Å²) in [5, 5.41) is 2.66. The van der Waals surface area contributed by atoms with Crippen molar-refractivity contribution in [3.63, 3.8) is 0 Å². The molecule has 3 aromatic carbocycles. The number of benzene rings is 3. The van der Waals surface area contributed by atoms with E-state index < -0.39 is 32.5 Å². The Bertz CT molecular complexity index is 1420. The van der Waals surface area contributed by atoms with E-state index >= 15 is 0 Å². The summed E-state index contributed by atoms with van der Waals surface area (Å²) in [4.78, 5) is 13.0. The predicted molar refractivity (Wildman–Crippen MR) is 142 cm³/mol. The molecular weight excluding hydrogens is 502 g/mol. The summed E-state index contributed by atoms with van der Waals surface area (Å²) >= 11 is 0. The van der Waals surface area contributed by atoms with E-state index in [0.717, 1.165) is 20.4 Å². The van der Waals surface area contributed by atoms with Crippen molar-refractivity contribution in [1.82, 2.24) is 0 Å². The molecule has 0 aliphatic rings. The van der Waals surface area contributed by atoms with Gasteiger partial charge in [0.1, 0.15) is 12.3 Å². The van der Waals surface area contributed by atoms with Gasteiger partial charge in [-0.05, 0) is 68.4 Å². The van der Waals surface area contributed by atoms with E-state index in [2.05, 4.69) is 5.32 Å². The molecule has 0 unspecified atom stereocenters. The molecule has 1 N–H and O–H groups in total. The second-order valence-electron chi connectivity index (χ2n) is 8.08. The molecule has 11 heteroatoms. The van der Waals surface area contributed by atoms with Crippen LogP contribution in [0.5, 0.6) is 5.75 Å². The molecule has 0 heterocycles. The Hall–Kier alpha value is -3.57. The monoisotopic (exact) mass is 531 g/mol. The lowest BCUT2D eigenvalue weighted by atomic mass is 10.2. The van der Waals surface area contributed by atoms with E-state index in [4.69, 9.17) is 4.74 Å². The molecule has 192 valence electrons. The minimum Gasteiger partial charge on any atom is -0.494 e. The molecule has 1 amide bonds. The lowest BCUT2D eigenvalue weighted by molar-refractivity contribution is -0.114. The van der Waals surface area contributed by atoms with Gasteiger partial charge in [-0.25, -0.2) is 16.8 Å². The fourth-order valence-electron chi connectivity index (χ4n) is 3.33. The standard InChI is InChI=1S/C25H29N3O6S2/c1-5-34-23-13-15-24(16-14-23)36(32,33)28(21-11-9-19(2)10-12-21)18-25(29)26-20-7-6-8-22(17-20)27(3)35(4,30)31/h6-17H,5,18H2,1-4H3,(H,26,29). The Morgan fingerprint density at radius 3 is 2.14 bits per heavy atom. The highest BCUT2D eigenvalue weighted by Gasteiger charge is 2.27. The number of aryl methyl sites for hydroxylation is 1. The fourth-order valence-corrected chi connectivity index (χ4v) is 5.25. The second-order valence-corrected chi connectivity index (χ2v) is 12.0. The van der Waals surface area contributed by atoms with Gasteiger partial charge in [0.25, 0.3) is 10.0 Å². The van der Waals surface area contributed by atoms with Gasteiger partial charge < -0.3 is 10.1 Å². The van der Waals surface area contributed by atoms with Gasteiger partial charge in [-0.2, -0.15) is 0 Å². The van der Waals surface area contributed by atoms with Gasteiger partial charge in [-0.3, -0.25) is 13.4 Å². The van der Waals surface area contributed by atoms with Crippen LogP contribution in [0.15, 0.2) is 77.7 Å². The predicted octanol–water partition coefficient (Wildman–Crippen LogP) is 3.62. The number of carbonyl (C=O) groups is 1. The molecule has 0 atom stereocenters. The number of hydrogen-bond acceptors (Lipinski definition) is 6. The number of nitrogens with zero attached hydrogens (tertiary/aromatic N) is 2. The maximum Gasteiger partial charge on any atom is 0.264 e. The topological polar surface area (TPSA) is 113 Å². The third-order valence-corrected chi connectivity index (χ3v) is 8.32. The van der Waals surface area contributed by atoms with E-state index in [1.165, 1.54) is 25.2 Å². The first-order valence-electron chi connectivity index (χ1n) is 11.1. The quantitative estimate of drug-likeness (QED) is 0.428. The molecule has 0 radical (unpaired) electrons. The Balaban J connectivity index is 1.90. The summed E-state index contributed by atoms with van der Waals surface area (Å²) in [6.45, 7) is 3.66. The van der Waals surface area contributed by atoms with Crippen LogP contribution in [0.2, 0.25) is 0 Å². The number of carbonyl (C=O) groups excluding carboxylic acids is 1. The molecule has 36 heavy (non-hydrogen) atoms. The average Bonchev–Trinajstić information content (AvgIpc) is 2.83. The summed E-state index contributed by atoms with van der Waals surface area (Å²) in [6, 6.07) is 19.1. The Labute approximate surface area is 212 Å². The summed E-state index contributed by atoms with van der Waals surface area (Å²) in [7, 11) is -6.19. The minimum absolute atomic E-state index is 0.0103. The largest absolute Gasteiger partial charge is 0.494 e. The summed E-state index contributed by atoms with van der Waals surface area (Å²) in [6.07, 6.45) is 1.07. The van der Waals surface area contributed by atoms with Crippen molar-refractivity contribution in [2.45, 2.75) is 18.7 Å². The molecule has 0 aliphatic heterocycles. The molecule has 3 rings (SSSR count). The van der Waals surface area contributed by atoms with E-state index in [0.29, 0.717) is 29.4 Å². The summed E-state index contributed by atoms with van der Waals surface area (Å²) in [5.74, 6) is -0.0562. The Morgan fingerprint density at radius 1 is 0.917 bits per heavy atom. The second kappa shape index (κ2) is 11.0. The van der Waals surface area contributed by atoms with Crippen molar-refractivity contribution in [2.24, 2.45) is 0 Å². The average molecular weight is 532 g/mol. The molecule has 0 aliphatic carbocycles. The van der Waals surface area contributed by atoms with Crippen molar-refractivity contribution >= 4 is 43.0 Å². The van der Waals surface area contributed by atoms with Crippen LogP contribution < -0.4 is 18.7 Å². The number of hydrogen-bond donors (Lipinski definition) is 1. The van der Waals surface area contributed by atoms with E-state index in [-0.39, 0.29) is 4.90 Å². The van der Waals surface area contributed by atoms with Crippen LogP contribution in [0.3, 0.4) is 0 Å². The van der Waals surface area contributed by atoms with Gasteiger partial charge in [0, 0.05) is 12.7 Å². The van der Waals surface area contributed by atoms with Crippen molar-refractivity contribution in [1.29, 1.82) is 0 Å². The molecule has 9 nitrogen and oxygen atoms in total. The van der Waals surface area contributed by atoms with E-state index in [1.54, 1.807) is 54.6 Å². The SMILES string of the molecule is CCOc1ccc(S(=O)(=O)N(CC(=O)Nc2cccc(N(C)S(C)(=O)=O)c2)c2ccc(C)cc2)cc1. The lowest BCUT2D eigenvalue weighted by Crippen LogP contribution is -2.38. The van der Waals surface area contributed by atoms with Gasteiger partial charge in [-0.1, -0.05) is 23.8 Å². The first-order chi connectivity index (χ1) is 16.9. The highest BCUT2D eigenvalue weighted by atomic mass is 32.2. The van der Waals surface area contributed by atoms with Crippen molar-refractivity contribution < 1.29 is 26.4 Å². The molecular formula is C25H29N3O6S2. The van der Waals surface area contributed by atoms with E-state index in [9.17, 15) is 21.6 Å². The highest BCUT2D eigenvalue weighted by molar-refractivity contribution is 7.93. The van der Waals surface area contributed by atoms with Crippen LogP contribution >= 0.6 is 0 Å². The summed E-state index contributed by atoms with van der Waals surface area (Å²) in [5.41, 5.74) is 1.95. The number of nitrogens with one attached hydrogen (secondary N) is 1. The molecule has 0 saturated carbocycles. The van der Waals surface area contributed by atoms with Crippen LogP contribution in [0.4, 0.5) is 17.1 Å². The van der Waals surface area contributed by atoms with Crippen LogP contribution in [0.1, 0.15) is 12.5 Å². The van der Waals surface area contributed by atoms with Crippen LogP contribution in [-0.2, 0) is 24.8 Å². The number of rotatable bonds is 10. The lowest BCUT2D eigenvalue weighted by Gasteiger charge is -2.24. The molecule has 0 bridgehead atoms. The summed E-state index contributed by atoms with van der Waals surface area (Å²) < 4.78 is 58.3. The zero-order valence-corrected chi connectivity index (χ0v) is 22.1. The van der Waals surface area contributed by atoms with Gasteiger partial charge in [0.05, 0.1) is 29.1 Å². The third-order valence-electron chi connectivity index (χ3n) is 5.32. The maximum atomic E-state index is 13.6. The van der Waals surface area contributed by atoms with Crippen LogP contribution in [0, 0.1) is 6.92 Å². The van der Waals surface area contributed by atoms with Crippen molar-refractivity contribution in [3.05, 3.63) is 78.4 Å². The zero-order valence-electron chi connectivity index (χ0n) is 20.5. The Kier molecular flexibility index (Phi) is 8.26. The van der Waals surface area contributed by atoms with Gasteiger partial charge >= 0.3 is 0 Å². The smallest absolute Gasteiger partial charge is 0.264 e. The van der Waals surface area contributed by atoms with E-state index in [1.807, 2.05) is 13.8 Å². The number of ether oxygens (including phenoxy) is 1. The van der Waals surface area contributed by atoms with Gasteiger partial charge in [-0.15, -0.1) is 0 Å². The van der Waals surface area contributed by atoms with Crippen molar-refractivity contribution in [3.8, 4) is 5.75 Å². The number of anilines is 3. The molecule has 0 saturated heterocycles. The first-order valence-corrected chi connectivity index (χ1v) is 14.4. The fraction of sp³-hybridized carbons (Fsp3) is 0.240. The van der Waals surface area contributed by atoms with Crippen LogP contribution in [-0.4, -0.2) is 49.2 Å². The normalized spacial score (nSPS) is 11.6. The first kappa shape index (κ1) is 27.0. The molecule has 0 fully saturated rings. The minimum atomic E-state index is -4.10. The number of amides is 1. The van der Waals surface area contributed by atoms with Crippen LogP contribution in [0.25, 0.3) is 0 Å². The van der Waals surface area contributed by atoms with Gasteiger partial charge in [0.2, 0.25) is 15.9 Å². The maximum absolute atomic E-state index is 13.6. The molecule has 0 aromatic heterocycles. The number of sulfonamides is 2. The zero-order chi connectivity index (χ0) is 26.5. The highest BCUT2D eigenvalue weighted by Crippen LogP contribution is 2.26. The van der Waals surface area contributed by atoms with Gasteiger partial charge in [0.15, 0.2) is 0 Å². The Morgan fingerprint density at radius 2 is 1.56 bits per heavy atom. The van der Waals surface area contributed by atoms with Crippen molar-refractivity contribution in [2.75, 3.05) is 40.4 Å². The third kappa shape index (κ3) is 6.55. The molecule has 3 aromatic rings. The molecule has 0 spiro atoms.